The lowest BCUT2D eigenvalue weighted by atomic mass is 9.77. The molecule has 0 aliphatic heterocycles. The average molecular weight is 221 g/mol. The van der Waals surface area contributed by atoms with Crippen molar-refractivity contribution >= 4 is 0 Å². The van der Waals surface area contributed by atoms with Gasteiger partial charge in [0.15, 0.2) is 0 Å². The lowest BCUT2D eigenvalue weighted by Crippen LogP contribution is -2.41. The Balaban J connectivity index is 1.96. The van der Waals surface area contributed by atoms with Gasteiger partial charge in [0, 0.05) is 6.04 Å². The quantitative estimate of drug-likeness (QED) is 0.805. The molecule has 0 aromatic heterocycles. The molecule has 0 bridgehead atoms. The largest absolute Gasteiger partial charge is 0.314 e. The van der Waals surface area contributed by atoms with Crippen LogP contribution in [-0.4, -0.2) is 12.6 Å². The maximum atomic E-state index is 12.8. The standard InChI is InChI=1S/C14H20FN/c1-2-16-14(12-4-3-5-12)10-11-6-8-13(15)9-7-11/h6-9,12,14,16H,2-5,10H2,1H3. The molecule has 0 radical (unpaired) electrons. The van der Waals surface area contributed by atoms with E-state index in [2.05, 4.69) is 12.2 Å². The van der Waals surface area contributed by atoms with Gasteiger partial charge in [-0.3, -0.25) is 0 Å². The molecule has 1 nitrogen and oxygen atoms in total. The summed E-state index contributed by atoms with van der Waals surface area (Å²) in [5.74, 6) is 0.678. The molecule has 1 N–H and O–H groups in total. The maximum absolute atomic E-state index is 12.8. The molecular formula is C14H20FN. The number of rotatable bonds is 5. The van der Waals surface area contributed by atoms with E-state index < -0.39 is 0 Å². The minimum Gasteiger partial charge on any atom is -0.314 e. The van der Waals surface area contributed by atoms with Gasteiger partial charge in [-0.25, -0.2) is 4.39 Å². The van der Waals surface area contributed by atoms with Crippen LogP contribution >= 0.6 is 0 Å². The molecule has 0 heterocycles. The molecule has 1 aromatic carbocycles. The summed E-state index contributed by atoms with van der Waals surface area (Å²) in [6, 6.07) is 7.48. The Labute approximate surface area is 97.1 Å². The van der Waals surface area contributed by atoms with E-state index in [4.69, 9.17) is 0 Å². The number of likely N-dealkylation sites (N-methyl/N-ethyl adjacent to an activating group) is 1. The minimum atomic E-state index is -0.146. The molecule has 1 atom stereocenters. The molecule has 1 fully saturated rings. The molecule has 1 unspecified atom stereocenters. The summed E-state index contributed by atoms with van der Waals surface area (Å²) in [4.78, 5) is 0. The molecule has 1 aliphatic rings. The van der Waals surface area contributed by atoms with Crippen LogP contribution in [0.25, 0.3) is 0 Å². The second kappa shape index (κ2) is 5.44. The Morgan fingerprint density at radius 2 is 2.00 bits per heavy atom. The highest BCUT2D eigenvalue weighted by Gasteiger charge is 2.26. The van der Waals surface area contributed by atoms with E-state index >= 15 is 0 Å². The van der Waals surface area contributed by atoms with Crippen LogP contribution in [0.1, 0.15) is 31.7 Å². The van der Waals surface area contributed by atoms with Crippen molar-refractivity contribution in [2.45, 2.75) is 38.6 Å². The molecule has 1 aromatic rings. The van der Waals surface area contributed by atoms with Gasteiger partial charge in [0.1, 0.15) is 5.82 Å². The van der Waals surface area contributed by atoms with Crippen LogP contribution in [0.2, 0.25) is 0 Å². The van der Waals surface area contributed by atoms with Crippen molar-refractivity contribution in [3.8, 4) is 0 Å². The minimum absolute atomic E-state index is 0.146. The monoisotopic (exact) mass is 221 g/mol. The van der Waals surface area contributed by atoms with Crippen LogP contribution < -0.4 is 5.32 Å². The smallest absolute Gasteiger partial charge is 0.123 e. The Morgan fingerprint density at radius 1 is 1.31 bits per heavy atom. The third kappa shape index (κ3) is 2.82. The van der Waals surface area contributed by atoms with Crippen molar-refractivity contribution in [1.82, 2.24) is 5.32 Å². The van der Waals surface area contributed by atoms with Gasteiger partial charge in [-0.2, -0.15) is 0 Å². The van der Waals surface area contributed by atoms with E-state index in [0.717, 1.165) is 18.9 Å². The summed E-state index contributed by atoms with van der Waals surface area (Å²) in [6.45, 7) is 3.17. The molecule has 0 saturated heterocycles. The summed E-state index contributed by atoms with van der Waals surface area (Å²) in [6.07, 6.45) is 5.09. The van der Waals surface area contributed by atoms with Crippen LogP contribution in [0.3, 0.4) is 0 Å². The number of benzene rings is 1. The molecule has 88 valence electrons. The Kier molecular flexibility index (Phi) is 3.94. The normalized spacial score (nSPS) is 18.1. The molecular weight excluding hydrogens is 201 g/mol. The highest BCUT2D eigenvalue weighted by molar-refractivity contribution is 5.17. The van der Waals surface area contributed by atoms with Gasteiger partial charge >= 0.3 is 0 Å². The van der Waals surface area contributed by atoms with E-state index in [1.165, 1.54) is 24.8 Å². The van der Waals surface area contributed by atoms with Crippen LogP contribution in [-0.2, 0) is 6.42 Å². The molecule has 1 aliphatic carbocycles. The van der Waals surface area contributed by atoms with Gasteiger partial charge < -0.3 is 5.32 Å². The van der Waals surface area contributed by atoms with Crippen LogP contribution in [0, 0.1) is 11.7 Å². The SMILES string of the molecule is CCNC(Cc1ccc(F)cc1)C1CCC1. The van der Waals surface area contributed by atoms with E-state index in [1.54, 1.807) is 12.1 Å². The van der Waals surface area contributed by atoms with Gasteiger partial charge in [-0.15, -0.1) is 0 Å². The number of nitrogens with one attached hydrogen (secondary N) is 1. The van der Waals surface area contributed by atoms with Gasteiger partial charge in [0.2, 0.25) is 0 Å². The highest BCUT2D eigenvalue weighted by atomic mass is 19.1. The van der Waals surface area contributed by atoms with Crippen molar-refractivity contribution in [3.05, 3.63) is 35.6 Å². The zero-order valence-electron chi connectivity index (χ0n) is 9.88. The lowest BCUT2D eigenvalue weighted by molar-refractivity contribution is 0.229. The van der Waals surface area contributed by atoms with Gasteiger partial charge in [0.05, 0.1) is 0 Å². The predicted molar refractivity (Wildman–Crippen MR) is 64.9 cm³/mol. The number of hydrogen-bond donors (Lipinski definition) is 1. The van der Waals surface area contributed by atoms with Crippen molar-refractivity contribution < 1.29 is 4.39 Å². The molecule has 2 rings (SSSR count). The van der Waals surface area contributed by atoms with Crippen molar-refractivity contribution in [2.75, 3.05) is 6.54 Å². The van der Waals surface area contributed by atoms with Crippen LogP contribution in [0.15, 0.2) is 24.3 Å². The highest BCUT2D eigenvalue weighted by Crippen LogP contribution is 2.31. The molecule has 16 heavy (non-hydrogen) atoms. The summed E-state index contributed by atoms with van der Waals surface area (Å²) in [5, 5.41) is 3.55. The van der Waals surface area contributed by atoms with Crippen LogP contribution in [0.5, 0.6) is 0 Å². The number of halogens is 1. The van der Waals surface area contributed by atoms with E-state index in [9.17, 15) is 4.39 Å². The van der Waals surface area contributed by atoms with Crippen molar-refractivity contribution in [1.29, 1.82) is 0 Å². The predicted octanol–water partition coefficient (Wildman–Crippen LogP) is 3.15. The van der Waals surface area contributed by atoms with Crippen molar-refractivity contribution in [3.63, 3.8) is 0 Å². The average Bonchev–Trinajstić information content (AvgIpc) is 2.19. The zero-order valence-corrected chi connectivity index (χ0v) is 9.88. The summed E-state index contributed by atoms with van der Waals surface area (Å²) >= 11 is 0. The maximum Gasteiger partial charge on any atom is 0.123 e. The first-order chi connectivity index (χ1) is 7.79. The van der Waals surface area contributed by atoms with E-state index in [-0.39, 0.29) is 5.82 Å². The third-order valence-corrected chi connectivity index (χ3v) is 3.55. The first-order valence-corrected chi connectivity index (χ1v) is 6.27. The molecule has 0 amide bonds. The summed E-state index contributed by atoms with van der Waals surface area (Å²) in [5.41, 5.74) is 1.24. The fourth-order valence-corrected chi connectivity index (χ4v) is 2.38. The van der Waals surface area contributed by atoms with Gasteiger partial charge in [0.25, 0.3) is 0 Å². The van der Waals surface area contributed by atoms with Gasteiger partial charge in [-0.05, 0) is 49.4 Å². The Bertz CT molecular complexity index is 316. The zero-order chi connectivity index (χ0) is 11.4. The molecule has 0 spiro atoms. The van der Waals surface area contributed by atoms with Crippen LogP contribution in [0.4, 0.5) is 4.39 Å². The third-order valence-electron chi connectivity index (χ3n) is 3.55. The van der Waals surface area contributed by atoms with E-state index in [0.29, 0.717) is 6.04 Å². The Morgan fingerprint density at radius 3 is 2.50 bits per heavy atom. The summed E-state index contributed by atoms with van der Waals surface area (Å²) in [7, 11) is 0. The molecule has 2 heteroatoms. The second-order valence-corrected chi connectivity index (χ2v) is 4.69. The fourth-order valence-electron chi connectivity index (χ4n) is 2.38. The second-order valence-electron chi connectivity index (χ2n) is 4.69. The first kappa shape index (κ1) is 11.6. The lowest BCUT2D eigenvalue weighted by Gasteiger charge is -2.34. The van der Waals surface area contributed by atoms with Gasteiger partial charge in [-0.1, -0.05) is 25.5 Å². The summed E-state index contributed by atoms with van der Waals surface area (Å²) < 4.78 is 12.8. The molecule has 1 saturated carbocycles. The fraction of sp³-hybridized carbons (Fsp3) is 0.571. The first-order valence-electron chi connectivity index (χ1n) is 6.27. The topological polar surface area (TPSA) is 12.0 Å². The Hall–Kier alpha value is -0.890. The van der Waals surface area contributed by atoms with E-state index in [1.807, 2.05) is 12.1 Å². The number of hydrogen-bond acceptors (Lipinski definition) is 1. The van der Waals surface area contributed by atoms with Crippen molar-refractivity contribution in [2.24, 2.45) is 5.92 Å².